The molecule has 6 heteroatoms. The fourth-order valence-electron chi connectivity index (χ4n) is 2.35. The Bertz CT molecular complexity index is 904. The van der Waals surface area contributed by atoms with E-state index in [9.17, 15) is 4.79 Å². The molecule has 0 atom stereocenters. The topological polar surface area (TPSA) is 68.7 Å². The fourth-order valence-corrected chi connectivity index (χ4v) is 3.17. The number of carboxylic acids is 1. The van der Waals surface area contributed by atoms with E-state index < -0.39 is 5.97 Å². The molecule has 0 bridgehead atoms. The number of nitrogens with zero attached hydrogens (tertiary/aromatic N) is 1. The van der Waals surface area contributed by atoms with E-state index >= 15 is 0 Å². The Morgan fingerprint density at radius 3 is 2.72 bits per heavy atom. The van der Waals surface area contributed by atoms with Gasteiger partial charge in [-0.05, 0) is 30.2 Å². The number of rotatable bonds is 6. The van der Waals surface area contributed by atoms with Crippen molar-refractivity contribution >= 4 is 17.3 Å². The van der Waals surface area contributed by atoms with Crippen LogP contribution in [0, 0.1) is 6.92 Å². The van der Waals surface area contributed by atoms with Gasteiger partial charge in [0.25, 0.3) is 0 Å². The van der Waals surface area contributed by atoms with Crippen LogP contribution in [0.5, 0.6) is 11.5 Å². The van der Waals surface area contributed by atoms with Gasteiger partial charge < -0.3 is 14.6 Å². The first-order valence-corrected chi connectivity index (χ1v) is 8.51. The summed E-state index contributed by atoms with van der Waals surface area (Å²) in [5.41, 5.74) is 3.00. The van der Waals surface area contributed by atoms with Crippen molar-refractivity contribution < 1.29 is 19.4 Å². The standard InChI is InChI=1S/C19H17NO4S/c1-12-5-3-4-6-13(12)10-24-17-9-14(23-2)7-8-15(17)18-20-16(11-25-18)19(21)22/h3-9,11H,10H2,1-2H3,(H,21,22). The maximum absolute atomic E-state index is 11.1. The van der Waals surface area contributed by atoms with Crippen LogP contribution in [0.4, 0.5) is 0 Å². The number of hydrogen-bond acceptors (Lipinski definition) is 5. The van der Waals surface area contributed by atoms with Gasteiger partial charge in [-0.15, -0.1) is 11.3 Å². The molecule has 3 rings (SSSR count). The number of benzene rings is 2. The van der Waals surface area contributed by atoms with E-state index in [0.29, 0.717) is 23.1 Å². The zero-order valence-electron chi connectivity index (χ0n) is 13.9. The summed E-state index contributed by atoms with van der Waals surface area (Å²) < 4.78 is 11.3. The molecule has 0 saturated carbocycles. The Hall–Kier alpha value is -2.86. The van der Waals surface area contributed by atoms with Gasteiger partial charge in [-0.2, -0.15) is 0 Å². The van der Waals surface area contributed by atoms with Gasteiger partial charge in [-0.25, -0.2) is 9.78 Å². The van der Waals surface area contributed by atoms with E-state index in [2.05, 4.69) is 4.98 Å². The highest BCUT2D eigenvalue weighted by atomic mass is 32.1. The highest BCUT2D eigenvalue weighted by molar-refractivity contribution is 7.13. The van der Waals surface area contributed by atoms with Gasteiger partial charge >= 0.3 is 5.97 Å². The molecule has 1 aromatic heterocycles. The lowest BCUT2D eigenvalue weighted by molar-refractivity contribution is 0.0691. The number of carboxylic acid groups (broad SMARTS) is 1. The molecule has 1 heterocycles. The summed E-state index contributed by atoms with van der Waals surface area (Å²) in [7, 11) is 1.59. The van der Waals surface area contributed by atoms with Gasteiger partial charge in [0, 0.05) is 11.4 Å². The van der Waals surface area contributed by atoms with Crippen molar-refractivity contribution in [3.8, 4) is 22.1 Å². The van der Waals surface area contributed by atoms with Crippen LogP contribution in [0.15, 0.2) is 47.8 Å². The molecule has 0 fully saturated rings. The molecular formula is C19H17NO4S. The maximum atomic E-state index is 11.1. The van der Waals surface area contributed by atoms with E-state index in [1.165, 1.54) is 16.7 Å². The second kappa shape index (κ2) is 7.36. The molecule has 0 aliphatic carbocycles. The highest BCUT2D eigenvalue weighted by Gasteiger charge is 2.15. The summed E-state index contributed by atoms with van der Waals surface area (Å²) in [4.78, 5) is 15.2. The van der Waals surface area contributed by atoms with Gasteiger partial charge in [0.05, 0.1) is 12.7 Å². The van der Waals surface area contributed by atoms with Crippen LogP contribution in [0.1, 0.15) is 21.6 Å². The van der Waals surface area contributed by atoms with Crippen molar-refractivity contribution in [2.45, 2.75) is 13.5 Å². The summed E-state index contributed by atoms with van der Waals surface area (Å²) in [6.45, 7) is 2.44. The van der Waals surface area contributed by atoms with Gasteiger partial charge in [0.15, 0.2) is 5.69 Å². The van der Waals surface area contributed by atoms with Crippen molar-refractivity contribution in [2.75, 3.05) is 7.11 Å². The predicted molar refractivity (Wildman–Crippen MR) is 96.6 cm³/mol. The number of carbonyl (C=O) groups is 1. The molecule has 0 aliphatic heterocycles. The van der Waals surface area contributed by atoms with Gasteiger partial charge in [0.1, 0.15) is 23.1 Å². The molecule has 0 saturated heterocycles. The lowest BCUT2D eigenvalue weighted by atomic mass is 10.1. The Morgan fingerprint density at radius 2 is 2.04 bits per heavy atom. The minimum Gasteiger partial charge on any atom is -0.497 e. The average Bonchev–Trinajstić information content (AvgIpc) is 3.11. The normalized spacial score (nSPS) is 10.5. The molecule has 128 valence electrons. The number of thiazole rings is 1. The summed E-state index contributed by atoms with van der Waals surface area (Å²) in [6, 6.07) is 13.4. The van der Waals surface area contributed by atoms with Crippen LogP contribution < -0.4 is 9.47 Å². The number of methoxy groups -OCH3 is 1. The second-order valence-corrected chi connectivity index (χ2v) is 6.28. The maximum Gasteiger partial charge on any atom is 0.355 e. The van der Waals surface area contributed by atoms with Crippen molar-refractivity contribution in [1.29, 1.82) is 0 Å². The van der Waals surface area contributed by atoms with Crippen molar-refractivity contribution in [1.82, 2.24) is 4.98 Å². The molecule has 25 heavy (non-hydrogen) atoms. The summed E-state index contributed by atoms with van der Waals surface area (Å²) in [5.74, 6) is 0.228. The minimum absolute atomic E-state index is 0.0284. The zero-order valence-corrected chi connectivity index (χ0v) is 14.7. The molecule has 0 aliphatic rings. The third-order valence-electron chi connectivity index (χ3n) is 3.79. The molecular weight excluding hydrogens is 338 g/mol. The van der Waals surface area contributed by atoms with Gasteiger partial charge in [-0.1, -0.05) is 24.3 Å². The molecule has 1 N–H and O–H groups in total. The third kappa shape index (κ3) is 3.80. The van der Waals surface area contributed by atoms with Crippen molar-refractivity contribution in [3.63, 3.8) is 0 Å². The number of hydrogen-bond donors (Lipinski definition) is 1. The monoisotopic (exact) mass is 355 g/mol. The number of aromatic nitrogens is 1. The molecule has 0 radical (unpaired) electrons. The van der Waals surface area contributed by atoms with Crippen LogP contribution in [-0.2, 0) is 6.61 Å². The van der Waals surface area contributed by atoms with Gasteiger partial charge in [-0.3, -0.25) is 0 Å². The Labute approximate surface area is 149 Å². The van der Waals surface area contributed by atoms with Crippen LogP contribution in [0.2, 0.25) is 0 Å². The van der Waals surface area contributed by atoms with E-state index in [-0.39, 0.29) is 5.69 Å². The van der Waals surface area contributed by atoms with Crippen molar-refractivity contribution in [2.24, 2.45) is 0 Å². The molecule has 0 amide bonds. The first kappa shape index (κ1) is 17.0. The molecule has 0 unspecified atom stereocenters. The van der Waals surface area contributed by atoms with E-state index in [1.54, 1.807) is 19.2 Å². The number of aromatic carboxylic acids is 1. The SMILES string of the molecule is COc1ccc(-c2nc(C(=O)O)cs2)c(OCc2ccccc2C)c1. The third-order valence-corrected chi connectivity index (χ3v) is 4.66. The van der Waals surface area contributed by atoms with E-state index in [4.69, 9.17) is 14.6 Å². The lowest BCUT2D eigenvalue weighted by Crippen LogP contribution is -2.00. The number of ether oxygens (including phenoxy) is 2. The molecule has 0 spiro atoms. The summed E-state index contributed by atoms with van der Waals surface area (Å²) in [5, 5.41) is 11.2. The summed E-state index contributed by atoms with van der Waals surface area (Å²) in [6.07, 6.45) is 0. The summed E-state index contributed by atoms with van der Waals surface area (Å²) >= 11 is 1.27. The highest BCUT2D eigenvalue weighted by Crippen LogP contribution is 2.35. The van der Waals surface area contributed by atoms with Crippen LogP contribution in [0.3, 0.4) is 0 Å². The zero-order chi connectivity index (χ0) is 17.8. The molecule has 3 aromatic rings. The number of aryl methyl sites for hydroxylation is 1. The quantitative estimate of drug-likeness (QED) is 0.709. The molecule has 2 aromatic carbocycles. The smallest absolute Gasteiger partial charge is 0.355 e. The van der Waals surface area contributed by atoms with E-state index in [1.807, 2.05) is 37.3 Å². The Balaban J connectivity index is 1.93. The lowest BCUT2D eigenvalue weighted by Gasteiger charge is -2.13. The van der Waals surface area contributed by atoms with E-state index in [0.717, 1.165) is 16.7 Å². The van der Waals surface area contributed by atoms with Crippen LogP contribution in [0.25, 0.3) is 10.6 Å². The first-order chi connectivity index (χ1) is 12.1. The largest absolute Gasteiger partial charge is 0.497 e. The van der Waals surface area contributed by atoms with Gasteiger partial charge in [0.2, 0.25) is 0 Å². The predicted octanol–water partition coefficient (Wildman–Crippen LogP) is 4.40. The first-order valence-electron chi connectivity index (χ1n) is 7.63. The fraction of sp³-hybridized carbons (Fsp3) is 0.158. The minimum atomic E-state index is -1.04. The second-order valence-electron chi connectivity index (χ2n) is 5.42. The van der Waals surface area contributed by atoms with Crippen LogP contribution >= 0.6 is 11.3 Å². The molecule has 5 nitrogen and oxygen atoms in total. The van der Waals surface area contributed by atoms with Crippen molar-refractivity contribution in [3.05, 3.63) is 64.7 Å². The van der Waals surface area contributed by atoms with Crippen LogP contribution in [-0.4, -0.2) is 23.2 Å². The average molecular weight is 355 g/mol. The Morgan fingerprint density at radius 1 is 1.24 bits per heavy atom. The Kier molecular flexibility index (Phi) is 5.00.